The van der Waals surface area contributed by atoms with E-state index >= 15 is 0 Å². The van der Waals surface area contributed by atoms with Crippen LogP contribution in [0.2, 0.25) is 0 Å². The van der Waals surface area contributed by atoms with E-state index in [4.69, 9.17) is 9.41 Å². The van der Waals surface area contributed by atoms with Crippen LogP contribution in [-0.2, 0) is 19.5 Å². The zero-order valence-electron chi connectivity index (χ0n) is 17.6. The molecule has 31 heavy (non-hydrogen) atoms. The van der Waals surface area contributed by atoms with Crippen LogP contribution >= 0.6 is 24.0 Å². The molecule has 0 aliphatic carbocycles. The number of anilines is 1. The fourth-order valence-electron chi connectivity index (χ4n) is 3.42. The Hall–Kier alpha value is -2.70. The van der Waals surface area contributed by atoms with Gasteiger partial charge >= 0.3 is 0 Å². The van der Waals surface area contributed by atoms with Crippen LogP contribution in [0.1, 0.15) is 18.5 Å². The molecule has 3 aromatic rings. The topological polar surface area (TPSA) is 100 Å². The van der Waals surface area contributed by atoms with Gasteiger partial charge in [-0.15, -0.1) is 34.2 Å². The molecule has 0 aromatic carbocycles. The summed E-state index contributed by atoms with van der Waals surface area (Å²) in [4.78, 5) is 18.0. The molecule has 0 unspecified atom stereocenters. The average molecular weight is 537 g/mol. The predicted molar refractivity (Wildman–Crippen MR) is 128 cm³/mol. The van der Waals surface area contributed by atoms with Crippen molar-refractivity contribution >= 4 is 35.9 Å². The van der Waals surface area contributed by atoms with Crippen LogP contribution in [0.5, 0.6) is 0 Å². The third-order valence-corrected chi connectivity index (χ3v) is 5.03. The molecule has 0 saturated carbocycles. The Morgan fingerprint density at radius 2 is 1.97 bits per heavy atom. The average Bonchev–Trinajstić information content (AvgIpc) is 3.49. The lowest BCUT2D eigenvalue weighted by atomic mass is 10.3. The molecule has 10 nitrogen and oxygen atoms in total. The van der Waals surface area contributed by atoms with Gasteiger partial charge in [-0.1, -0.05) is 6.92 Å². The number of guanidine groups is 1. The molecular weight excluding hydrogens is 509 g/mol. The quantitative estimate of drug-likeness (QED) is 0.277. The number of rotatable bonds is 7. The van der Waals surface area contributed by atoms with E-state index in [1.165, 1.54) is 0 Å². The molecule has 0 radical (unpaired) electrons. The van der Waals surface area contributed by atoms with Gasteiger partial charge < -0.3 is 24.1 Å². The molecule has 0 spiro atoms. The number of aliphatic imine (C=N–C) groups is 1. The third-order valence-electron chi connectivity index (χ3n) is 5.03. The fraction of sp³-hybridized carbons (Fsp3) is 0.450. The van der Waals surface area contributed by atoms with Gasteiger partial charge in [-0.25, -0.2) is 15.0 Å². The van der Waals surface area contributed by atoms with Gasteiger partial charge in [0.1, 0.15) is 24.5 Å². The van der Waals surface area contributed by atoms with Crippen molar-refractivity contribution < 1.29 is 4.42 Å². The Kier molecular flexibility index (Phi) is 8.62. The smallest absolute Gasteiger partial charge is 0.225 e. The molecule has 1 fully saturated rings. The fourth-order valence-corrected chi connectivity index (χ4v) is 3.42. The summed E-state index contributed by atoms with van der Waals surface area (Å²) in [7, 11) is 0. The van der Waals surface area contributed by atoms with Crippen molar-refractivity contribution in [1.29, 1.82) is 0 Å². The number of aryl methyl sites for hydroxylation is 1. The first-order chi connectivity index (χ1) is 14.8. The van der Waals surface area contributed by atoms with Gasteiger partial charge in [-0.3, -0.25) is 0 Å². The molecule has 0 amide bonds. The highest BCUT2D eigenvalue weighted by atomic mass is 127. The molecule has 1 aliphatic heterocycles. The van der Waals surface area contributed by atoms with Crippen LogP contribution in [0.25, 0.3) is 0 Å². The summed E-state index contributed by atoms with van der Waals surface area (Å²) < 4.78 is 7.51. The summed E-state index contributed by atoms with van der Waals surface area (Å²) >= 11 is 0. The van der Waals surface area contributed by atoms with E-state index in [0.717, 1.165) is 69.2 Å². The van der Waals surface area contributed by atoms with Crippen LogP contribution < -0.4 is 10.2 Å². The van der Waals surface area contributed by atoms with E-state index in [1.807, 2.05) is 18.2 Å². The van der Waals surface area contributed by atoms with Gasteiger partial charge in [0.25, 0.3) is 0 Å². The Bertz CT molecular complexity index is 921. The SMILES string of the molecule is CCc1nncn1CCNC(=NCc1ccco1)N1CCN(c2ncccn2)CC1.I. The minimum atomic E-state index is 0. The van der Waals surface area contributed by atoms with E-state index in [2.05, 4.69) is 46.8 Å². The Morgan fingerprint density at radius 1 is 1.16 bits per heavy atom. The summed E-state index contributed by atoms with van der Waals surface area (Å²) in [6.07, 6.45) is 7.88. The minimum absolute atomic E-state index is 0. The number of furan rings is 1. The van der Waals surface area contributed by atoms with Crippen molar-refractivity contribution in [1.82, 2.24) is 34.9 Å². The maximum atomic E-state index is 5.44. The lowest BCUT2D eigenvalue weighted by Crippen LogP contribution is -2.53. The standard InChI is InChI=1S/C20H27N9O.HI/c1-2-18-26-25-16-29(18)9-8-23-20(24-15-17-5-3-14-30-17)28-12-10-27(11-13-28)19-21-6-4-7-22-19;/h3-7,14,16H,2,8-13,15H2,1H3,(H,23,24);1H. The number of nitrogens with one attached hydrogen (secondary N) is 1. The predicted octanol–water partition coefficient (Wildman–Crippen LogP) is 1.81. The second kappa shape index (κ2) is 11.6. The minimum Gasteiger partial charge on any atom is -0.467 e. The molecule has 1 N–H and O–H groups in total. The molecule has 0 atom stereocenters. The van der Waals surface area contributed by atoms with Crippen LogP contribution in [0, 0.1) is 0 Å². The van der Waals surface area contributed by atoms with Crippen molar-refractivity contribution in [2.24, 2.45) is 4.99 Å². The number of nitrogens with zero attached hydrogens (tertiary/aromatic N) is 8. The highest BCUT2D eigenvalue weighted by molar-refractivity contribution is 14.0. The van der Waals surface area contributed by atoms with E-state index in [1.54, 1.807) is 25.0 Å². The summed E-state index contributed by atoms with van der Waals surface area (Å²) in [5.41, 5.74) is 0. The van der Waals surface area contributed by atoms with E-state index in [-0.39, 0.29) is 24.0 Å². The van der Waals surface area contributed by atoms with E-state index < -0.39 is 0 Å². The van der Waals surface area contributed by atoms with Crippen molar-refractivity contribution in [2.45, 2.75) is 26.4 Å². The van der Waals surface area contributed by atoms with Gasteiger partial charge in [0.2, 0.25) is 5.95 Å². The van der Waals surface area contributed by atoms with Crippen molar-refractivity contribution in [3.05, 3.63) is 54.8 Å². The number of piperazine rings is 1. The van der Waals surface area contributed by atoms with Gasteiger partial charge in [-0.05, 0) is 18.2 Å². The molecule has 3 aromatic heterocycles. The second-order valence-corrected chi connectivity index (χ2v) is 6.96. The van der Waals surface area contributed by atoms with Crippen LogP contribution in [0.4, 0.5) is 5.95 Å². The van der Waals surface area contributed by atoms with Crippen LogP contribution in [0.15, 0.2) is 52.6 Å². The van der Waals surface area contributed by atoms with Crippen LogP contribution in [-0.4, -0.2) is 68.3 Å². The highest BCUT2D eigenvalue weighted by Crippen LogP contribution is 2.10. The Balaban J connectivity index is 0.00000272. The first-order valence-corrected chi connectivity index (χ1v) is 10.3. The van der Waals surface area contributed by atoms with Gasteiger partial charge in [0.15, 0.2) is 5.96 Å². The molecule has 0 bridgehead atoms. The first-order valence-electron chi connectivity index (χ1n) is 10.3. The van der Waals surface area contributed by atoms with Gasteiger partial charge in [0.05, 0.1) is 6.26 Å². The molecule has 166 valence electrons. The Morgan fingerprint density at radius 3 is 2.68 bits per heavy atom. The normalized spacial score (nSPS) is 14.4. The summed E-state index contributed by atoms with van der Waals surface area (Å²) in [5, 5.41) is 11.7. The summed E-state index contributed by atoms with van der Waals surface area (Å²) in [5.74, 6) is 3.49. The number of aromatic nitrogens is 5. The summed E-state index contributed by atoms with van der Waals surface area (Å²) in [6, 6.07) is 5.66. The molecule has 11 heteroatoms. The molecule has 1 aliphatic rings. The van der Waals surface area contributed by atoms with Crippen molar-refractivity contribution in [2.75, 3.05) is 37.6 Å². The van der Waals surface area contributed by atoms with Crippen molar-refractivity contribution in [3.8, 4) is 0 Å². The van der Waals surface area contributed by atoms with Crippen LogP contribution in [0.3, 0.4) is 0 Å². The summed E-state index contributed by atoms with van der Waals surface area (Å²) in [6.45, 7) is 7.49. The zero-order chi connectivity index (χ0) is 20.6. The second-order valence-electron chi connectivity index (χ2n) is 6.96. The largest absolute Gasteiger partial charge is 0.467 e. The lowest BCUT2D eigenvalue weighted by Gasteiger charge is -2.36. The van der Waals surface area contributed by atoms with Crippen molar-refractivity contribution in [3.63, 3.8) is 0 Å². The highest BCUT2D eigenvalue weighted by Gasteiger charge is 2.21. The number of hydrogen-bond acceptors (Lipinski definition) is 7. The molecule has 1 saturated heterocycles. The molecule has 4 rings (SSSR count). The number of hydrogen-bond donors (Lipinski definition) is 1. The van der Waals surface area contributed by atoms with E-state index in [9.17, 15) is 0 Å². The number of halogens is 1. The third kappa shape index (κ3) is 6.15. The zero-order valence-corrected chi connectivity index (χ0v) is 19.9. The molecule has 4 heterocycles. The van der Waals surface area contributed by atoms with Gasteiger partial charge in [-0.2, -0.15) is 0 Å². The van der Waals surface area contributed by atoms with Gasteiger partial charge in [0, 0.05) is 58.1 Å². The maximum Gasteiger partial charge on any atom is 0.225 e. The van der Waals surface area contributed by atoms with E-state index in [0.29, 0.717) is 6.54 Å². The Labute approximate surface area is 198 Å². The monoisotopic (exact) mass is 537 g/mol. The first kappa shape index (κ1) is 23.0. The molecular formula is C20H28IN9O. The maximum absolute atomic E-state index is 5.44. The lowest BCUT2D eigenvalue weighted by molar-refractivity contribution is 0.367.